The van der Waals surface area contributed by atoms with Crippen LogP contribution in [0.3, 0.4) is 0 Å². The monoisotopic (exact) mass is 252 g/mol. The minimum absolute atomic E-state index is 0.160. The Bertz CT molecular complexity index is 436. The number of nitrogens with zero attached hydrogens (tertiary/aromatic N) is 3. The number of hydrogen-bond acceptors (Lipinski definition) is 4. The number of hydrogen-bond donors (Lipinski definition) is 2. The number of carbonyl (C=O) groups is 1. The van der Waals surface area contributed by atoms with Crippen molar-refractivity contribution in [1.82, 2.24) is 20.1 Å². The lowest BCUT2D eigenvalue weighted by atomic mass is 9.96. The van der Waals surface area contributed by atoms with Crippen molar-refractivity contribution in [3.05, 3.63) is 11.6 Å². The summed E-state index contributed by atoms with van der Waals surface area (Å²) in [6.07, 6.45) is 1.15. The number of carbonyl (C=O) groups excluding carboxylic acids is 1. The van der Waals surface area contributed by atoms with Gasteiger partial charge in [-0.3, -0.25) is 9.89 Å². The number of aromatic nitrogens is 3. The third-order valence-corrected chi connectivity index (χ3v) is 3.07. The summed E-state index contributed by atoms with van der Waals surface area (Å²) < 4.78 is 0. The molecule has 1 fully saturated rings. The van der Waals surface area contributed by atoms with Crippen LogP contribution in [0.1, 0.15) is 50.1 Å². The Kier molecular flexibility index (Phi) is 3.38. The zero-order valence-electron chi connectivity index (χ0n) is 11.1. The maximum Gasteiger partial charge on any atom is 0.293 e. The zero-order valence-corrected chi connectivity index (χ0v) is 11.1. The number of nitrogens with one attached hydrogen (secondary N) is 1. The van der Waals surface area contributed by atoms with Crippen molar-refractivity contribution in [2.24, 2.45) is 0 Å². The summed E-state index contributed by atoms with van der Waals surface area (Å²) in [5, 5.41) is 16.3. The normalized spacial score (nSPS) is 21.1. The minimum Gasteiger partial charge on any atom is -0.391 e. The molecule has 6 heteroatoms. The fourth-order valence-electron chi connectivity index (χ4n) is 1.97. The molecule has 1 aliphatic rings. The van der Waals surface area contributed by atoms with Crippen LogP contribution in [0.5, 0.6) is 0 Å². The molecule has 2 rings (SSSR count). The number of aliphatic hydroxyl groups excluding tert-OH is 1. The number of aliphatic hydroxyl groups is 1. The summed E-state index contributed by atoms with van der Waals surface area (Å²) in [5.74, 6) is 0.679. The number of H-pyrrole nitrogens is 1. The minimum atomic E-state index is -0.427. The van der Waals surface area contributed by atoms with Crippen LogP contribution in [0.2, 0.25) is 0 Å². The highest BCUT2D eigenvalue weighted by Crippen LogP contribution is 2.18. The second kappa shape index (κ2) is 4.68. The van der Waals surface area contributed by atoms with Gasteiger partial charge in [-0.1, -0.05) is 20.8 Å². The van der Waals surface area contributed by atoms with E-state index in [2.05, 4.69) is 15.2 Å². The first kappa shape index (κ1) is 13.0. The smallest absolute Gasteiger partial charge is 0.293 e. The van der Waals surface area contributed by atoms with Crippen molar-refractivity contribution >= 4 is 5.91 Å². The van der Waals surface area contributed by atoms with Crippen LogP contribution < -0.4 is 0 Å². The summed E-state index contributed by atoms with van der Waals surface area (Å²) in [6.45, 7) is 7.05. The molecule has 0 radical (unpaired) electrons. The standard InChI is InChI=1S/C12H20N4O2/c1-12(2,3)11-13-9(14-15-11)10(18)16-6-4-5-8(17)7-16/h8,17H,4-7H2,1-3H3,(H,13,14,15). The van der Waals surface area contributed by atoms with Gasteiger partial charge in [-0.15, -0.1) is 5.10 Å². The largest absolute Gasteiger partial charge is 0.391 e. The lowest BCUT2D eigenvalue weighted by Gasteiger charge is -2.29. The van der Waals surface area contributed by atoms with Crippen LogP contribution in [-0.4, -0.2) is 50.3 Å². The zero-order chi connectivity index (χ0) is 13.3. The van der Waals surface area contributed by atoms with Gasteiger partial charge < -0.3 is 10.0 Å². The van der Waals surface area contributed by atoms with Gasteiger partial charge in [0.1, 0.15) is 5.82 Å². The van der Waals surface area contributed by atoms with Crippen molar-refractivity contribution in [2.45, 2.75) is 45.1 Å². The molecule has 2 heterocycles. The maximum atomic E-state index is 12.2. The lowest BCUT2D eigenvalue weighted by Crippen LogP contribution is -2.42. The molecule has 1 unspecified atom stereocenters. The van der Waals surface area contributed by atoms with Crippen LogP contribution in [-0.2, 0) is 5.41 Å². The molecule has 0 saturated carbocycles. The van der Waals surface area contributed by atoms with Gasteiger partial charge in [0, 0.05) is 18.5 Å². The average molecular weight is 252 g/mol. The molecule has 1 aromatic rings. The lowest BCUT2D eigenvalue weighted by molar-refractivity contribution is 0.0464. The van der Waals surface area contributed by atoms with Gasteiger partial charge in [-0.05, 0) is 12.8 Å². The molecular formula is C12H20N4O2. The van der Waals surface area contributed by atoms with Crippen molar-refractivity contribution in [1.29, 1.82) is 0 Å². The van der Waals surface area contributed by atoms with Gasteiger partial charge >= 0.3 is 0 Å². The molecule has 6 nitrogen and oxygen atoms in total. The first-order valence-corrected chi connectivity index (χ1v) is 6.28. The second-order valence-corrected chi connectivity index (χ2v) is 5.80. The Hall–Kier alpha value is -1.43. The maximum absolute atomic E-state index is 12.2. The van der Waals surface area contributed by atoms with Gasteiger partial charge in [0.25, 0.3) is 5.91 Å². The summed E-state index contributed by atoms with van der Waals surface area (Å²) >= 11 is 0. The summed E-state index contributed by atoms with van der Waals surface area (Å²) in [7, 11) is 0. The predicted octanol–water partition coefficient (Wildman–Crippen LogP) is 0.699. The summed E-state index contributed by atoms with van der Waals surface area (Å²) in [6, 6.07) is 0. The van der Waals surface area contributed by atoms with E-state index < -0.39 is 6.10 Å². The van der Waals surface area contributed by atoms with Gasteiger partial charge in [0.15, 0.2) is 0 Å². The van der Waals surface area contributed by atoms with Crippen LogP contribution in [0.4, 0.5) is 0 Å². The quantitative estimate of drug-likeness (QED) is 0.770. The van der Waals surface area contributed by atoms with Crippen LogP contribution in [0.15, 0.2) is 0 Å². The molecule has 1 atom stereocenters. The molecule has 2 N–H and O–H groups in total. The highest BCUT2D eigenvalue weighted by Gasteiger charge is 2.27. The number of likely N-dealkylation sites (tertiary alicyclic amines) is 1. The number of β-amino-alcohol motifs (C(OH)–C–C–N with tert-alkyl or cyclic N) is 1. The predicted molar refractivity (Wildman–Crippen MR) is 66.2 cm³/mol. The molecule has 100 valence electrons. The van der Waals surface area contributed by atoms with E-state index in [9.17, 15) is 9.90 Å². The van der Waals surface area contributed by atoms with Crippen LogP contribution in [0.25, 0.3) is 0 Å². The number of piperidine rings is 1. The van der Waals surface area contributed by atoms with Crippen molar-refractivity contribution in [3.63, 3.8) is 0 Å². The molecule has 1 aromatic heterocycles. The highest BCUT2D eigenvalue weighted by molar-refractivity contribution is 5.90. The first-order chi connectivity index (χ1) is 8.38. The third kappa shape index (κ3) is 2.69. The molecule has 0 spiro atoms. The Morgan fingerprint density at radius 3 is 2.78 bits per heavy atom. The molecule has 0 aromatic carbocycles. The van der Waals surface area contributed by atoms with E-state index >= 15 is 0 Å². The third-order valence-electron chi connectivity index (χ3n) is 3.07. The molecule has 0 bridgehead atoms. The van der Waals surface area contributed by atoms with E-state index in [1.165, 1.54) is 0 Å². The molecule has 18 heavy (non-hydrogen) atoms. The topological polar surface area (TPSA) is 82.1 Å². The fraction of sp³-hybridized carbons (Fsp3) is 0.750. The summed E-state index contributed by atoms with van der Waals surface area (Å²) in [4.78, 5) is 18.0. The Morgan fingerprint density at radius 1 is 1.50 bits per heavy atom. The average Bonchev–Trinajstić information content (AvgIpc) is 2.77. The van der Waals surface area contributed by atoms with E-state index in [4.69, 9.17) is 0 Å². The Labute approximate surface area is 106 Å². The SMILES string of the molecule is CC(C)(C)c1nc(C(=O)N2CCCC(O)C2)n[nH]1. The van der Waals surface area contributed by atoms with Gasteiger partial charge in [0.05, 0.1) is 6.10 Å². The van der Waals surface area contributed by atoms with E-state index in [1.807, 2.05) is 20.8 Å². The number of rotatable bonds is 1. The molecule has 1 amide bonds. The number of aromatic amines is 1. The molecule has 0 aliphatic carbocycles. The Morgan fingerprint density at radius 2 is 2.22 bits per heavy atom. The fourth-order valence-corrected chi connectivity index (χ4v) is 1.97. The van der Waals surface area contributed by atoms with Gasteiger partial charge in [-0.2, -0.15) is 0 Å². The molecule has 1 aliphatic heterocycles. The van der Waals surface area contributed by atoms with Gasteiger partial charge in [0.2, 0.25) is 5.82 Å². The number of amides is 1. The first-order valence-electron chi connectivity index (χ1n) is 6.28. The highest BCUT2D eigenvalue weighted by atomic mass is 16.3. The van der Waals surface area contributed by atoms with Crippen molar-refractivity contribution in [3.8, 4) is 0 Å². The van der Waals surface area contributed by atoms with Crippen molar-refractivity contribution in [2.75, 3.05) is 13.1 Å². The Balaban J connectivity index is 2.11. The summed E-state index contributed by atoms with van der Waals surface area (Å²) in [5.41, 5.74) is -0.160. The second-order valence-electron chi connectivity index (χ2n) is 5.80. The van der Waals surface area contributed by atoms with Crippen LogP contribution >= 0.6 is 0 Å². The van der Waals surface area contributed by atoms with E-state index in [0.717, 1.165) is 12.8 Å². The van der Waals surface area contributed by atoms with Crippen LogP contribution in [0, 0.1) is 0 Å². The van der Waals surface area contributed by atoms with Gasteiger partial charge in [-0.25, -0.2) is 4.98 Å². The molecule has 1 saturated heterocycles. The van der Waals surface area contributed by atoms with E-state index in [1.54, 1.807) is 4.90 Å². The van der Waals surface area contributed by atoms with E-state index in [0.29, 0.717) is 18.9 Å². The molecular weight excluding hydrogens is 232 g/mol. The van der Waals surface area contributed by atoms with E-state index in [-0.39, 0.29) is 17.1 Å². The van der Waals surface area contributed by atoms with Crippen molar-refractivity contribution < 1.29 is 9.90 Å².